The Hall–Kier alpha value is -3.43. The van der Waals surface area contributed by atoms with Gasteiger partial charge in [-0.25, -0.2) is 18.2 Å². The van der Waals surface area contributed by atoms with Crippen LogP contribution < -0.4 is 15.8 Å². The van der Waals surface area contributed by atoms with Crippen LogP contribution in [0.2, 0.25) is 0 Å². The minimum absolute atomic E-state index is 0.0360. The molecule has 4 heterocycles. The van der Waals surface area contributed by atoms with Gasteiger partial charge in [0.2, 0.25) is 0 Å². The molecule has 7 rings (SSSR count). The number of ether oxygens (including phenoxy) is 2. The van der Waals surface area contributed by atoms with Crippen molar-refractivity contribution in [3.05, 3.63) is 35.4 Å². The molecule has 3 fully saturated rings. The molecular formula is C28H26F6N6O2S. The molecule has 15 heteroatoms. The first-order chi connectivity index (χ1) is 20.5. The Labute approximate surface area is 245 Å². The number of fused-ring (bicyclic) bond motifs is 3. The van der Waals surface area contributed by atoms with Crippen molar-refractivity contribution in [1.29, 1.82) is 0 Å². The van der Waals surface area contributed by atoms with Crippen molar-refractivity contribution in [2.24, 2.45) is 0 Å². The van der Waals surface area contributed by atoms with E-state index in [1.807, 2.05) is 4.90 Å². The molecule has 4 atom stereocenters. The maximum Gasteiger partial charge on any atom is 0.417 e. The highest BCUT2D eigenvalue weighted by molar-refractivity contribution is 7.22. The smallest absolute Gasteiger partial charge is 0.417 e. The minimum Gasteiger partial charge on any atom is -0.461 e. The van der Waals surface area contributed by atoms with Crippen molar-refractivity contribution in [1.82, 2.24) is 19.9 Å². The molecule has 4 aromatic rings. The third-order valence-corrected chi connectivity index (χ3v) is 9.48. The lowest BCUT2D eigenvalue weighted by atomic mass is 9.95. The fourth-order valence-electron chi connectivity index (χ4n) is 6.47. The predicted octanol–water partition coefficient (Wildman–Crippen LogP) is 5.94. The number of nitrogens with one attached hydrogen (secondary N) is 1. The summed E-state index contributed by atoms with van der Waals surface area (Å²) in [6.07, 6.45) is -3.80. The molecule has 2 unspecified atom stereocenters. The number of rotatable bonds is 7. The Kier molecular flexibility index (Phi) is 6.63. The Morgan fingerprint density at radius 2 is 2.00 bits per heavy atom. The number of hydrogen-bond acceptors (Lipinski definition) is 9. The quantitative estimate of drug-likeness (QED) is 0.244. The van der Waals surface area contributed by atoms with Crippen LogP contribution in [0.4, 0.5) is 37.3 Å². The number of nitrogen functional groups attached to an aromatic ring is 1. The summed E-state index contributed by atoms with van der Waals surface area (Å²) in [6.45, 7) is 1.05. The van der Waals surface area contributed by atoms with Crippen LogP contribution in [0, 0.1) is 11.6 Å². The van der Waals surface area contributed by atoms with Gasteiger partial charge in [0.1, 0.15) is 29.9 Å². The van der Waals surface area contributed by atoms with Crippen LogP contribution in [0.25, 0.3) is 32.2 Å². The lowest BCUT2D eigenvalue weighted by Gasteiger charge is -2.30. The zero-order chi connectivity index (χ0) is 30.3. The first-order valence-electron chi connectivity index (χ1n) is 13.7. The molecule has 2 saturated heterocycles. The van der Waals surface area contributed by atoms with E-state index in [-0.39, 0.29) is 63.3 Å². The van der Waals surface area contributed by atoms with Crippen molar-refractivity contribution in [2.75, 3.05) is 37.9 Å². The second-order valence-corrected chi connectivity index (χ2v) is 12.3. The molecule has 43 heavy (non-hydrogen) atoms. The standard InChI is InChI=1S/C28H26F6N6O2S/c1-41-18-8-17(18)36-24-14-7-15(28(32,33)34)19(13-3-4-16(30)23-22(13)37-25(35)43-23)20(31)21(14)38-26(39-24)42-11-27-5-2-6-40(27)10-12(29)9-27/h3-4,7,12,17-18H,2,5-6,8-11H2,1H3,(H2,35,37)(H,36,38,39)/t12-,17?,18?,27+/m1/s1. The van der Waals surface area contributed by atoms with Crippen molar-refractivity contribution >= 4 is 43.4 Å². The largest absolute Gasteiger partial charge is 0.461 e. The second-order valence-electron chi connectivity index (χ2n) is 11.3. The zero-order valence-corrected chi connectivity index (χ0v) is 23.6. The van der Waals surface area contributed by atoms with Crippen LogP contribution in [0.3, 0.4) is 0 Å². The molecular weight excluding hydrogens is 598 g/mol. The number of aromatic nitrogens is 3. The fourth-order valence-corrected chi connectivity index (χ4v) is 7.23. The van der Waals surface area contributed by atoms with Gasteiger partial charge in [-0.05, 0) is 44.0 Å². The van der Waals surface area contributed by atoms with Crippen LogP contribution in [0.15, 0.2) is 18.2 Å². The summed E-state index contributed by atoms with van der Waals surface area (Å²) in [5.74, 6) is -2.10. The highest BCUT2D eigenvalue weighted by atomic mass is 32.1. The number of benzene rings is 2. The summed E-state index contributed by atoms with van der Waals surface area (Å²) in [5, 5.41) is 2.75. The van der Waals surface area contributed by atoms with Gasteiger partial charge < -0.3 is 20.5 Å². The van der Waals surface area contributed by atoms with Crippen LogP contribution >= 0.6 is 11.3 Å². The highest BCUT2D eigenvalue weighted by Crippen LogP contribution is 2.46. The van der Waals surface area contributed by atoms with Gasteiger partial charge in [-0.3, -0.25) is 4.90 Å². The van der Waals surface area contributed by atoms with E-state index in [0.717, 1.165) is 42.5 Å². The normalized spacial score (nSPS) is 25.5. The highest BCUT2D eigenvalue weighted by Gasteiger charge is 2.49. The monoisotopic (exact) mass is 624 g/mol. The summed E-state index contributed by atoms with van der Waals surface area (Å²) in [5.41, 5.74) is 2.13. The van der Waals surface area contributed by atoms with Crippen molar-refractivity contribution in [3.8, 4) is 17.1 Å². The van der Waals surface area contributed by atoms with E-state index in [1.165, 1.54) is 7.11 Å². The molecule has 0 bridgehead atoms. The molecule has 2 aliphatic heterocycles. The molecule has 1 saturated carbocycles. The Bertz CT molecular complexity index is 1750. The summed E-state index contributed by atoms with van der Waals surface area (Å²) in [6, 6.07) is 2.23. The topological polar surface area (TPSA) is 98.4 Å². The Morgan fingerprint density at radius 1 is 1.19 bits per heavy atom. The van der Waals surface area contributed by atoms with Gasteiger partial charge >= 0.3 is 12.2 Å². The summed E-state index contributed by atoms with van der Waals surface area (Å²) < 4.78 is 100. The van der Waals surface area contributed by atoms with Crippen molar-refractivity contribution in [2.45, 2.75) is 55.7 Å². The Morgan fingerprint density at radius 3 is 2.74 bits per heavy atom. The number of halogens is 6. The van der Waals surface area contributed by atoms with Crippen LogP contribution in [-0.2, 0) is 10.9 Å². The molecule has 3 N–H and O–H groups in total. The van der Waals surface area contributed by atoms with E-state index < -0.39 is 46.2 Å². The first-order valence-corrected chi connectivity index (χ1v) is 14.6. The van der Waals surface area contributed by atoms with Crippen molar-refractivity contribution < 1.29 is 35.8 Å². The van der Waals surface area contributed by atoms with E-state index in [9.17, 15) is 22.0 Å². The van der Waals surface area contributed by atoms with E-state index in [2.05, 4.69) is 20.3 Å². The number of nitrogens with two attached hydrogens (primary N) is 1. The molecule has 2 aromatic heterocycles. The minimum atomic E-state index is -5.01. The van der Waals surface area contributed by atoms with Gasteiger partial charge in [0.15, 0.2) is 10.9 Å². The van der Waals surface area contributed by atoms with E-state index in [0.29, 0.717) is 19.4 Å². The van der Waals surface area contributed by atoms with Crippen molar-refractivity contribution in [3.63, 3.8) is 0 Å². The number of alkyl halides is 4. The van der Waals surface area contributed by atoms with E-state index in [1.54, 1.807) is 0 Å². The number of methoxy groups -OCH3 is 1. The number of thiazole rings is 1. The van der Waals surface area contributed by atoms with E-state index in [4.69, 9.17) is 15.2 Å². The molecule has 1 aliphatic carbocycles. The molecule has 0 amide bonds. The fraction of sp³-hybridized carbons (Fsp3) is 0.464. The molecule has 2 aromatic carbocycles. The van der Waals surface area contributed by atoms with Gasteiger partial charge in [0, 0.05) is 36.6 Å². The van der Waals surface area contributed by atoms with Gasteiger partial charge in [-0.2, -0.15) is 23.1 Å². The summed E-state index contributed by atoms with van der Waals surface area (Å²) in [7, 11) is 1.51. The average molecular weight is 625 g/mol. The van der Waals surface area contributed by atoms with Gasteiger partial charge in [-0.15, -0.1) is 0 Å². The molecule has 3 aliphatic rings. The average Bonchev–Trinajstić information content (AvgIpc) is 3.21. The predicted molar refractivity (Wildman–Crippen MR) is 149 cm³/mol. The van der Waals surface area contributed by atoms with Gasteiger partial charge in [0.05, 0.1) is 33.5 Å². The maximum atomic E-state index is 16.5. The molecule has 0 radical (unpaired) electrons. The van der Waals surface area contributed by atoms with Gasteiger partial charge in [-0.1, -0.05) is 11.3 Å². The van der Waals surface area contributed by atoms with Crippen LogP contribution in [-0.4, -0.2) is 70.5 Å². The lowest BCUT2D eigenvalue weighted by Crippen LogP contribution is -2.43. The molecule has 8 nitrogen and oxygen atoms in total. The van der Waals surface area contributed by atoms with Crippen LogP contribution in [0.1, 0.15) is 31.2 Å². The molecule has 228 valence electrons. The summed E-state index contributed by atoms with van der Waals surface area (Å²) >= 11 is 0.747. The third kappa shape index (κ3) is 4.81. The lowest BCUT2D eigenvalue weighted by molar-refractivity contribution is -0.137. The molecule has 0 spiro atoms. The maximum absolute atomic E-state index is 16.5. The third-order valence-electron chi connectivity index (χ3n) is 8.58. The first kappa shape index (κ1) is 28.3. The van der Waals surface area contributed by atoms with Gasteiger partial charge in [0.25, 0.3) is 0 Å². The SMILES string of the molecule is COC1CC1Nc1nc(OC[C@@]23CCCN2C[C@H](F)C3)nc2c(F)c(-c3ccc(F)c4sc(N)nc34)c(C(F)(F)F)cc12. The second kappa shape index (κ2) is 10.1. The Balaban J connectivity index is 1.40. The number of hydrogen-bond donors (Lipinski definition) is 2. The number of nitrogens with zero attached hydrogens (tertiary/aromatic N) is 4. The van der Waals surface area contributed by atoms with Crippen LogP contribution in [0.5, 0.6) is 6.01 Å². The number of anilines is 2. The zero-order valence-electron chi connectivity index (χ0n) is 22.8. The summed E-state index contributed by atoms with van der Waals surface area (Å²) in [4.78, 5) is 14.6. The van der Waals surface area contributed by atoms with E-state index >= 15 is 4.39 Å².